The number of ether oxygens (including phenoxy) is 1. The van der Waals surface area contributed by atoms with E-state index in [2.05, 4.69) is 20.8 Å². The standard InChI is InChI=1S/C18H16ClN5O3/c19-14-8-4-5-9-15(14)21-17(25)11-27-18(26)16(24-12-20-22-23-24)10-13-6-2-1-3-7-13/h1-9,12,16H,10-11H2,(H,21,25)/t16-/m0/s1. The smallest absolute Gasteiger partial charge is 0.331 e. The van der Waals surface area contributed by atoms with Gasteiger partial charge in [-0.15, -0.1) is 5.10 Å². The number of tetrazole rings is 1. The molecule has 8 nitrogen and oxygen atoms in total. The fraction of sp³-hybridized carbons (Fsp3) is 0.167. The summed E-state index contributed by atoms with van der Waals surface area (Å²) in [6.45, 7) is -0.447. The third-order valence-electron chi connectivity index (χ3n) is 3.72. The zero-order valence-electron chi connectivity index (χ0n) is 14.2. The Hall–Kier alpha value is -3.26. The van der Waals surface area contributed by atoms with Crippen molar-refractivity contribution in [2.45, 2.75) is 12.5 Å². The molecule has 0 aliphatic rings. The molecule has 1 N–H and O–H groups in total. The highest BCUT2D eigenvalue weighted by atomic mass is 35.5. The van der Waals surface area contributed by atoms with Crippen molar-refractivity contribution in [3.63, 3.8) is 0 Å². The average Bonchev–Trinajstić information content (AvgIpc) is 3.21. The number of hydrogen-bond acceptors (Lipinski definition) is 6. The number of benzene rings is 2. The number of nitrogens with one attached hydrogen (secondary N) is 1. The molecule has 1 heterocycles. The van der Waals surface area contributed by atoms with Crippen LogP contribution in [0.15, 0.2) is 60.9 Å². The first-order chi connectivity index (χ1) is 13.1. The predicted octanol–water partition coefficient (Wildman–Crippen LogP) is 2.29. The van der Waals surface area contributed by atoms with Gasteiger partial charge in [0, 0.05) is 6.42 Å². The van der Waals surface area contributed by atoms with Crippen LogP contribution in [0.2, 0.25) is 5.02 Å². The molecule has 1 aromatic heterocycles. The number of esters is 1. The van der Waals surface area contributed by atoms with Crippen LogP contribution in [-0.2, 0) is 20.7 Å². The Morgan fingerprint density at radius 1 is 1.11 bits per heavy atom. The van der Waals surface area contributed by atoms with Gasteiger partial charge in [-0.25, -0.2) is 9.48 Å². The van der Waals surface area contributed by atoms with Crippen LogP contribution in [0.4, 0.5) is 5.69 Å². The molecule has 138 valence electrons. The summed E-state index contributed by atoms with van der Waals surface area (Å²) in [7, 11) is 0. The molecule has 1 atom stereocenters. The maximum Gasteiger partial charge on any atom is 0.331 e. The third kappa shape index (κ3) is 5.11. The van der Waals surface area contributed by atoms with Crippen LogP contribution in [0.3, 0.4) is 0 Å². The van der Waals surface area contributed by atoms with Crippen LogP contribution in [0.25, 0.3) is 0 Å². The molecule has 0 saturated carbocycles. The van der Waals surface area contributed by atoms with Gasteiger partial charge in [0.05, 0.1) is 10.7 Å². The van der Waals surface area contributed by atoms with Crippen molar-refractivity contribution in [3.8, 4) is 0 Å². The van der Waals surface area contributed by atoms with Gasteiger partial charge in [-0.2, -0.15) is 0 Å². The van der Waals surface area contributed by atoms with Crippen LogP contribution < -0.4 is 5.32 Å². The van der Waals surface area contributed by atoms with Crippen LogP contribution in [0.1, 0.15) is 11.6 Å². The highest BCUT2D eigenvalue weighted by Crippen LogP contribution is 2.20. The van der Waals surface area contributed by atoms with Gasteiger partial charge in [-0.1, -0.05) is 54.1 Å². The lowest BCUT2D eigenvalue weighted by Gasteiger charge is -2.15. The van der Waals surface area contributed by atoms with Crippen molar-refractivity contribution in [1.82, 2.24) is 20.2 Å². The topological polar surface area (TPSA) is 99.0 Å². The van der Waals surface area contributed by atoms with Gasteiger partial charge in [-0.05, 0) is 28.1 Å². The lowest BCUT2D eigenvalue weighted by molar-refractivity contribution is -0.151. The normalized spacial score (nSPS) is 11.6. The Morgan fingerprint density at radius 2 is 1.85 bits per heavy atom. The van der Waals surface area contributed by atoms with Gasteiger partial charge in [0.15, 0.2) is 12.6 Å². The van der Waals surface area contributed by atoms with Crippen molar-refractivity contribution in [2.75, 3.05) is 11.9 Å². The van der Waals surface area contributed by atoms with E-state index in [1.165, 1.54) is 11.0 Å². The summed E-state index contributed by atoms with van der Waals surface area (Å²) in [5.41, 5.74) is 1.36. The molecule has 0 radical (unpaired) electrons. The summed E-state index contributed by atoms with van der Waals surface area (Å²) in [4.78, 5) is 24.6. The number of para-hydroxylation sites is 1. The summed E-state index contributed by atoms with van der Waals surface area (Å²) in [5.74, 6) is -1.10. The lowest BCUT2D eigenvalue weighted by Crippen LogP contribution is -2.28. The molecule has 0 aliphatic heterocycles. The van der Waals surface area contributed by atoms with Gasteiger partial charge in [0.1, 0.15) is 6.33 Å². The molecule has 0 saturated heterocycles. The average molecular weight is 386 g/mol. The molecule has 0 aliphatic carbocycles. The minimum atomic E-state index is -0.782. The Kier molecular flexibility index (Phi) is 6.11. The first kappa shape index (κ1) is 18.5. The van der Waals surface area contributed by atoms with Crippen LogP contribution in [-0.4, -0.2) is 38.7 Å². The van der Waals surface area contributed by atoms with Crippen molar-refractivity contribution in [2.24, 2.45) is 0 Å². The molecular formula is C18H16ClN5O3. The Labute approximate surface area is 160 Å². The predicted molar refractivity (Wildman–Crippen MR) is 98.0 cm³/mol. The van der Waals surface area contributed by atoms with Gasteiger partial charge in [0.25, 0.3) is 5.91 Å². The van der Waals surface area contributed by atoms with Gasteiger partial charge < -0.3 is 10.1 Å². The van der Waals surface area contributed by atoms with E-state index >= 15 is 0 Å². The van der Waals surface area contributed by atoms with Crippen LogP contribution in [0.5, 0.6) is 0 Å². The number of anilines is 1. The number of hydrogen-bond donors (Lipinski definition) is 1. The number of carbonyl (C=O) groups excluding carboxylic acids is 2. The minimum absolute atomic E-state index is 0.330. The van der Waals surface area contributed by atoms with Crippen molar-refractivity contribution < 1.29 is 14.3 Å². The molecule has 1 amide bonds. The lowest BCUT2D eigenvalue weighted by atomic mass is 10.1. The Bertz CT molecular complexity index is 902. The molecule has 27 heavy (non-hydrogen) atoms. The molecule has 0 spiro atoms. The van der Waals surface area contributed by atoms with Crippen molar-refractivity contribution in [3.05, 3.63) is 71.5 Å². The van der Waals surface area contributed by atoms with E-state index in [4.69, 9.17) is 16.3 Å². The quantitative estimate of drug-likeness (QED) is 0.626. The van der Waals surface area contributed by atoms with E-state index in [1.54, 1.807) is 24.3 Å². The fourth-order valence-corrected chi connectivity index (χ4v) is 2.60. The first-order valence-electron chi connectivity index (χ1n) is 8.11. The summed E-state index contributed by atoms with van der Waals surface area (Å²) in [6, 6.07) is 15.4. The third-order valence-corrected chi connectivity index (χ3v) is 4.05. The van der Waals surface area contributed by atoms with E-state index in [0.29, 0.717) is 17.1 Å². The van der Waals surface area contributed by atoms with E-state index in [0.717, 1.165) is 5.56 Å². The van der Waals surface area contributed by atoms with E-state index in [9.17, 15) is 9.59 Å². The summed E-state index contributed by atoms with van der Waals surface area (Å²) in [5, 5.41) is 13.9. The molecule has 3 rings (SSSR count). The van der Waals surface area contributed by atoms with E-state index in [1.807, 2.05) is 30.3 Å². The SMILES string of the molecule is O=C(COC(=O)[C@H](Cc1ccccc1)n1cnnn1)Nc1ccccc1Cl. The monoisotopic (exact) mass is 385 g/mol. The largest absolute Gasteiger partial charge is 0.454 e. The van der Waals surface area contributed by atoms with Crippen molar-refractivity contribution in [1.29, 1.82) is 0 Å². The second-order valence-corrected chi connectivity index (χ2v) is 6.04. The Balaban J connectivity index is 1.62. The number of rotatable bonds is 7. The molecule has 9 heteroatoms. The molecule has 0 unspecified atom stereocenters. The molecule has 0 fully saturated rings. The Morgan fingerprint density at radius 3 is 2.56 bits per heavy atom. The number of halogens is 1. The number of amides is 1. The zero-order chi connectivity index (χ0) is 19.1. The fourth-order valence-electron chi connectivity index (χ4n) is 2.42. The van der Waals surface area contributed by atoms with E-state index in [-0.39, 0.29) is 0 Å². The van der Waals surface area contributed by atoms with Gasteiger partial charge >= 0.3 is 5.97 Å². The van der Waals surface area contributed by atoms with Crippen LogP contribution in [0, 0.1) is 0 Å². The molecule has 3 aromatic rings. The maximum absolute atomic E-state index is 12.5. The highest BCUT2D eigenvalue weighted by Gasteiger charge is 2.24. The van der Waals surface area contributed by atoms with Crippen molar-refractivity contribution >= 4 is 29.2 Å². The molecular weight excluding hydrogens is 370 g/mol. The van der Waals surface area contributed by atoms with Crippen LogP contribution >= 0.6 is 11.6 Å². The minimum Gasteiger partial charge on any atom is -0.454 e. The number of aromatic nitrogens is 4. The zero-order valence-corrected chi connectivity index (χ0v) is 14.9. The number of nitrogens with zero attached hydrogens (tertiary/aromatic N) is 4. The first-order valence-corrected chi connectivity index (χ1v) is 8.48. The van der Waals surface area contributed by atoms with Gasteiger partial charge in [0.2, 0.25) is 0 Å². The molecule has 0 bridgehead atoms. The summed E-state index contributed by atoms with van der Waals surface area (Å²) < 4.78 is 6.47. The maximum atomic E-state index is 12.5. The second-order valence-electron chi connectivity index (χ2n) is 5.63. The summed E-state index contributed by atoms with van der Waals surface area (Å²) in [6.07, 6.45) is 1.66. The van der Waals surface area contributed by atoms with Gasteiger partial charge in [-0.3, -0.25) is 4.79 Å². The molecule has 2 aromatic carbocycles. The second kappa shape index (κ2) is 8.91. The summed E-state index contributed by atoms with van der Waals surface area (Å²) >= 11 is 5.99. The highest BCUT2D eigenvalue weighted by molar-refractivity contribution is 6.33. The number of carbonyl (C=O) groups is 2. The van der Waals surface area contributed by atoms with E-state index < -0.39 is 24.5 Å².